The molecule has 0 aliphatic carbocycles. The van der Waals surface area contributed by atoms with Crippen molar-refractivity contribution in [1.82, 2.24) is 0 Å². The Labute approximate surface area is 102 Å². The van der Waals surface area contributed by atoms with Crippen molar-refractivity contribution in [1.29, 1.82) is 0 Å². The number of rotatable bonds is 3. The van der Waals surface area contributed by atoms with Crippen LogP contribution in [0.5, 0.6) is 0 Å². The number of aromatic carboxylic acids is 1. The van der Waals surface area contributed by atoms with Gasteiger partial charge in [-0.05, 0) is 24.3 Å². The van der Waals surface area contributed by atoms with E-state index in [1.54, 1.807) is 0 Å². The van der Waals surface area contributed by atoms with Crippen molar-refractivity contribution in [2.45, 2.75) is 12.1 Å². The Morgan fingerprint density at radius 3 is 1.84 bits per heavy atom. The summed E-state index contributed by atoms with van der Waals surface area (Å²) in [5.74, 6) is -9.38. The van der Waals surface area contributed by atoms with Crippen LogP contribution in [0.1, 0.15) is 10.4 Å². The van der Waals surface area contributed by atoms with Gasteiger partial charge in [-0.1, -0.05) is 0 Å². The zero-order valence-electron chi connectivity index (χ0n) is 8.96. The molecular weight excluding hydrogens is 277 g/mol. The summed E-state index contributed by atoms with van der Waals surface area (Å²) < 4.78 is 60.8. The molecule has 1 aromatic carbocycles. The molecule has 104 valence electrons. The Morgan fingerprint density at radius 1 is 1.00 bits per heavy atom. The molecule has 0 atom stereocenters. The fraction of sp³-hybridized carbons (Fsp3) is 0.200. The van der Waals surface area contributed by atoms with E-state index in [1.165, 1.54) is 5.32 Å². The molecule has 1 amide bonds. The zero-order valence-corrected chi connectivity index (χ0v) is 8.96. The van der Waals surface area contributed by atoms with Crippen LogP contribution in [0.15, 0.2) is 24.3 Å². The zero-order chi connectivity index (χ0) is 14.8. The number of carboxylic acid groups (broad SMARTS) is 1. The van der Waals surface area contributed by atoms with E-state index in [2.05, 4.69) is 0 Å². The summed E-state index contributed by atoms with van der Waals surface area (Å²) in [6.45, 7) is 0. The number of nitrogens with one attached hydrogen (secondary N) is 1. The maximum absolute atomic E-state index is 12.6. The molecule has 0 unspecified atom stereocenters. The molecule has 0 aliphatic heterocycles. The van der Waals surface area contributed by atoms with Crippen LogP contribution in [0.3, 0.4) is 0 Å². The van der Waals surface area contributed by atoms with E-state index in [1.807, 2.05) is 0 Å². The Morgan fingerprint density at radius 2 is 1.47 bits per heavy atom. The number of carbonyl (C=O) groups excluding carboxylic acids is 1. The molecule has 0 aromatic heterocycles. The molecule has 0 bridgehead atoms. The predicted molar refractivity (Wildman–Crippen MR) is 53.0 cm³/mol. The molecule has 0 aliphatic rings. The second-order valence-electron chi connectivity index (χ2n) is 3.41. The number of hydrogen-bond donors (Lipinski definition) is 2. The summed E-state index contributed by atoms with van der Waals surface area (Å²) in [7, 11) is 0. The summed E-state index contributed by atoms with van der Waals surface area (Å²) in [6, 6.07) is 3.69. The fourth-order valence-electron chi connectivity index (χ4n) is 1.03. The van der Waals surface area contributed by atoms with Gasteiger partial charge in [-0.15, -0.1) is 0 Å². The van der Waals surface area contributed by atoms with E-state index < -0.39 is 24.0 Å². The van der Waals surface area contributed by atoms with Gasteiger partial charge in [0.15, 0.2) is 0 Å². The third kappa shape index (κ3) is 3.18. The van der Waals surface area contributed by atoms with E-state index in [4.69, 9.17) is 5.11 Å². The second kappa shape index (κ2) is 4.82. The standard InChI is InChI=1S/C10H6F5NO3/c11-9(12,10(13,14)15)8(19)16-6-3-1-5(2-4-6)7(17)18/h1-4H,(H,16,19)(H,17,18). The molecule has 2 N–H and O–H groups in total. The lowest BCUT2D eigenvalue weighted by atomic mass is 10.2. The van der Waals surface area contributed by atoms with Gasteiger partial charge in [0.2, 0.25) is 0 Å². The largest absolute Gasteiger partial charge is 0.478 e. The summed E-state index contributed by atoms with van der Waals surface area (Å²) >= 11 is 0. The Bertz CT molecular complexity index is 495. The minimum Gasteiger partial charge on any atom is -0.478 e. The van der Waals surface area contributed by atoms with Crippen LogP contribution in [0.2, 0.25) is 0 Å². The highest BCUT2D eigenvalue weighted by molar-refractivity contribution is 5.97. The van der Waals surface area contributed by atoms with E-state index in [0.717, 1.165) is 24.3 Å². The Balaban J connectivity index is 2.86. The van der Waals surface area contributed by atoms with Crippen LogP contribution in [0.25, 0.3) is 0 Å². The van der Waals surface area contributed by atoms with Crippen molar-refractivity contribution in [3.8, 4) is 0 Å². The van der Waals surface area contributed by atoms with Gasteiger partial charge in [0.05, 0.1) is 5.56 Å². The van der Waals surface area contributed by atoms with Gasteiger partial charge in [0.25, 0.3) is 0 Å². The molecule has 0 spiro atoms. The van der Waals surface area contributed by atoms with Crippen LogP contribution in [0.4, 0.5) is 27.6 Å². The Hall–Kier alpha value is -2.19. The molecule has 0 saturated carbocycles. The van der Waals surface area contributed by atoms with Gasteiger partial charge in [0, 0.05) is 5.69 Å². The van der Waals surface area contributed by atoms with Crippen molar-refractivity contribution in [3.63, 3.8) is 0 Å². The van der Waals surface area contributed by atoms with Crippen LogP contribution < -0.4 is 5.32 Å². The molecule has 1 rings (SSSR count). The monoisotopic (exact) mass is 283 g/mol. The molecule has 0 heterocycles. The van der Waals surface area contributed by atoms with Crippen molar-refractivity contribution < 1.29 is 36.6 Å². The number of amides is 1. The minimum absolute atomic E-state index is 0.208. The highest BCUT2D eigenvalue weighted by Crippen LogP contribution is 2.36. The third-order valence-electron chi connectivity index (χ3n) is 2.03. The minimum atomic E-state index is -6.00. The lowest BCUT2D eigenvalue weighted by Crippen LogP contribution is -2.47. The summed E-state index contributed by atoms with van der Waals surface area (Å²) in [6.07, 6.45) is -6.00. The van der Waals surface area contributed by atoms with Crippen LogP contribution in [-0.4, -0.2) is 29.1 Å². The lowest BCUT2D eigenvalue weighted by Gasteiger charge is -2.18. The first-order chi connectivity index (χ1) is 8.55. The van der Waals surface area contributed by atoms with Gasteiger partial charge in [-0.3, -0.25) is 4.79 Å². The van der Waals surface area contributed by atoms with E-state index in [-0.39, 0.29) is 11.3 Å². The quantitative estimate of drug-likeness (QED) is 0.838. The maximum Gasteiger partial charge on any atom is 0.463 e. The first kappa shape index (κ1) is 14.9. The molecule has 19 heavy (non-hydrogen) atoms. The number of hydrogen-bond acceptors (Lipinski definition) is 2. The molecule has 0 saturated heterocycles. The van der Waals surface area contributed by atoms with Crippen molar-refractivity contribution in [3.05, 3.63) is 29.8 Å². The number of carbonyl (C=O) groups is 2. The molecule has 9 heteroatoms. The van der Waals surface area contributed by atoms with Crippen molar-refractivity contribution >= 4 is 17.6 Å². The van der Waals surface area contributed by atoms with Crippen molar-refractivity contribution in [2.75, 3.05) is 5.32 Å². The molecule has 1 aromatic rings. The van der Waals surface area contributed by atoms with Gasteiger partial charge >= 0.3 is 24.0 Å². The number of alkyl halides is 5. The van der Waals surface area contributed by atoms with Crippen LogP contribution in [0, 0.1) is 0 Å². The number of halogens is 5. The average molecular weight is 283 g/mol. The summed E-state index contributed by atoms with van der Waals surface area (Å²) in [5, 5.41) is 9.89. The summed E-state index contributed by atoms with van der Waals surface area (Å²) in [4.78, 5) is 21.3. The van der Waals surface area contributed by atoms with E-state index >= 15 is 0 Å². The first-order valence-corrected chi connectivity index (χ1v) is 4.65. The average Bonchev–Trinajstić information content (AvgIpc) is 2.28. The SMILES string of the molecule is O=C(O)c1ccc(NC(=O)C(F)(F)C(F)(F)F)cc1. The van der Waals surface area contributed by atoms with Crippen molar-refractivity contribution in [2.24, 2.45) is 0 Å². The highest BCUT2D eigenvalue weighted by Gasteiger charge is 2.63. The fourth-order valence-corrected chi connectivity index (χ4v) is 1.03. The summed E-state index contributed by atoms with van der Waals surface area (Å²) in [5.41, 5.74) is -0.584. The maximum atomic E-state index is 12.6. The van der Waals surface area contributed by atoms with Gasteiger partial charge in [-0.2, -0.15) is 22.0 Å². The predicted octanol–water partition coefficient (Wildman–Crippen LogP) is 2.52. The molecule has 0 radical (unpaired) electrons. The number of carboxylic acids is 1. The molecule has 0 fully saturated rings. The highest BCUT2D eigenvalue weighted by atomic mass is 19.4. The smallest absolute Gasteiger partial charge is 0.463 e. The second-order valence-corrected chi connectivity index (χ2v) is 3.41. The van der Waals surface area contributed by atoms with E-state index in [0.29, 0.717) is 0 Å². The third-order valence-corrected chi connectivity index (χ3v) is 2.03. The normalized spacial score (nSPS) is 12.1. The number of benzene rings is 1. The Kier molecular flexibility index (Phi) is 3.78. The van der Waals surface area contributed by atoms with Crippen LogP contribution in [-0.2, 0) is 4.79 Å². The van der Waals surface area contributed by atoms with Gasteiger partial charge in [-0.25, -0.2) is 4.79 Å². The van der Waals surface area contributed by atoms with Crippen LogP contribution >= 0.6 is 0 Å². The topological polar surface area (TPSA) is 66.4 Å². The molecular formula is C10H6F5NO3. The first-order valence-electron chi connectivity index (χ1n) is 4.65. The van der Waals surface area contributed by atoms with E-state index in [9.17, 15) is 31.5 Å². The van der Waals surface area contributed by atoms with Gasteiger partial charge in [0.1, 0.15) is 0 Å². The lowest BCUT2D eigenvalue weighted by molar-refractivity contribution is -0.267. The number of anilines is 1. The molecule has 4 nitrogen and oxygen atoms in total. The van der Waals surface area contributed by atoms with Gasteiger partial charge < -0.3 is 10.4 Å².